The summed E-state index contributed by atoms with van der Waals surface area (Å²) in [6.07, 6.45) is 3.19. The maximum atomic E-state index is 11.8. The Kier molecular flexibility index (Phi) is 4.82. The van der Waals surface area contributed by atoms with E-state index in [4.69, 9.17) is 17.3 Å². The maximum absolute atomic E-state index is 11.8. The van der Waals surface area contributed by atoms with Crippen LogP contribution >= 0.6 is 27.5 Å². The number of nitrogens with two attached hydrogens (primary N) is 1. The van der Waals surface area contributed by atoms with Gasteiger partial charge >= 0.3 is 0 Å². The van der Waals surface area contributed by atoms with Gasteiger partial charge in [-0.05, 0) is 57.9 Å². The fourth-order valence-corrected chi connectivity index (χ4v) is 2.03. The Morgan fingerprint density at radius 1 is 1.20 bits per heavy atom. The molecule has 0 aliphatic rings. The summed E-state index contributed by atoms with van der Waals surface area (Å²) < 4.78 is 0.736. The lowest BCUT2D eigenvalue weighted by Gasteiger charge is -2.03. The lowest BCUT2D eigenvalue weighted by atomic mass is 10.2. The van der Waals surface area contributed by atoms with E-state index in [1.54, 1.807) is 36.4 Å². The predicted octanol–water partition coefficient (Wildman–Crippen LogP) is 4.34. The lowest BCUT2D eigenvalue weighted by Crippen LogP contribution is -2.07. The molecule has 2 rings (SSSR count). The topological polar surface area (TPSA) is 55.1 Å². The van der Waals surface area contributed by atoms with Crippen molar-refractivity contribution < 1.29 is 4.79 Å². The quantitative estimate of drug-likeness (QED) is 0.638. The Morgan fingerprint density at radius 2 is 1.90 bits per heavy atom. The summed E-state index contributed by atoms with van der Waals surface area (Å²) in [6.45, 7) is 0. The van der Waals surface area contributed by atoms with Crippen molar-refractivity contribution in [1.82, 2.24) is 0 Å². The van der Waals surface area contributed by atoms with Crippen LogP contribution < -0.4 is 11.1 Å². The molecule has 0 saturated heterocycles. The largest absolute Gasteiger partial charge is 0.399 e. The smallest absolute Gasteiger partial charge is 0.248 e. The van der Waals surface area contributed by atoms with Gasteiger partial charge in [0, 0.05) is 21.9 Å². The molecule has 0 aliphatic heterocycles. The monoisotopic (exact) mass is 350 g/mol. The molecule has 3 nitrogen and oxygen atoms in total. The molecule has 102 valence electrons. The van der Waals surface area contributed by atoms with E-state index in [1.165, 1.54) is 6.08 Å². The summed E-state index contributed by atoms with van der Waals surface area (Å²) in [5.74, 6) is -0.212. The second-order valence-corrected chi connectivity index (χ2v) is 5.38. The van der Waals surface area contributed by atoms with Gasteiger partial charge in [0.2, 0.25) is 5.91 Å². The van der Waals surface area contributed by atoms with Crippen molar-refractivity contribution in [2.75, 3.05) is 11.1 Å². The molecular weight excluding hydrogens is 340 g/mol. The normalized spacial score (nSPS) is 10.7. The van der Waals surface area contributed by atoms with Crippen LogP contribution in [0, 0.1) is 0 Å². The van der Waals surface area contributed by atoms with E-state index in [0.29, 0.717) is 16.4 Å². The molecule has 0 fully saturated rings. The number of hydrogen-bond acceptors (Lipinski definition) is 2. The molecule has 0 aliphatic carbocycles. The van der Waals surface area contributed by atoms with E-state index in [-0.39, 0.29) is 5.91 Å². The van der Waals surface area contributed by atoms with Crippen LogP contribution in [-0.2, 0) is 4.79 Å². The molecule has 0 aromatic heterocycles. The van der Waals surface area contributed by atoms with Crippen molar-refractivity contribution in [3.8, 4) is 0 Å². The molecular formula is C15H12BrClN2O. The summed E-state index contributed by atoms with van der Waals surface area (Å²) in [5.41, 5.74) is 7.87. The molecule has 0 heterocycles. The SMILES string of the molecule is Nc1ccc(/C=C/C(=O)Nc2ccc(Cl)c(Br)c2)cc1. The molecule has 0 spiro atoms. The molecule has 5 heteroatoms. The van der Waals surface area contributed by atoms with Gasteiger partial charge in [0.05, 0.1) is 5.02 Å². The van der Waals surface area contributed by atoms with Crippen LogP contribution in [0.5, 0.6) is 0 Å². The molecule has 0 saturated carbocycles. The third kappa shape index (κ3) is 4.11. The Morgan fingerprint density at radius 3 is 2.55 bits per heavy atom. The highest BCUT2D eigenvalue weighted by Gasteiger charge is 2.01. The van der Waals surface area contributed by atoms with Crippen molar-refractivity contribution >= 4 is 50.9 Å². The first-order valence-corrected chi connectivity index (χ1v) is 7.01. The maximum Gasteiger partial charge on any atom is 0.248 e. The minimum absolute atomic E-state index is 0.212. The van der Waals surface area contributed by atoms with Crippen LogP contribution in [0.1, 0.15) is 5.56 Å². The predicted molar refractivity (Wildman–Crippen MR) is 87.7 cm³/mol. The third-order valence-electron chi connectivity index (χ3n) is 2.55. The Labute approximate surface area is 130 Å². The minimum Gasteiger partial charge on any atom is -0.399 e. The first-order valence-electron chi connectivity index (χ1n) is 5.84. The molecule has 0 unspecified atom stereocenters. The Hall–Kier alpha value is -1.78. The highest BCUT2D eigenvalue weighted by atomic mass is 79.9. The van der Waals surface area contributed by atoms with Crippen molar-refractivity contribution in [2.45, 2.75) is 0 Å². The van der Waals surface area contributed by atoms with E-state index in [1.807, 2.05) is 12.1 Å². The van der Waals surface area contributed by atoms with Gasteiger partial charge in [0.1, 0.15) is 0 Å². The number of halogens is 2. The van der Waals surface area contributed by atoms with Crippen LogP contribution in [0.15, 0.2) is 53.0 Å². The molecule has 20 heavy (non-hydrogen) atoms. The second-order valence-electron chi connectivity index (χ2n) is 4.12. The van der Waals surface area contributed by atoms with Crippen LogP contribution in [-0.4, -0.2) is 5.91 Å². The lowest BCUT2D eigenvalue weighted by molar-refractivity contribution is -0.111. The van der Waals surface area contributed by atoms with E-state index in [2.05, 4.69) is 21.2 Å². The van der Waals surface area contributed by atoms with Crippen molar-refractivity contribution in [2.24, 2.45) is 0 Å². The van der Waals surface area contributed by atoms with Gasteiger partial charge in [-0.3, -0.25) is 4.79 Å². The van der Waals surface area contributed by atoms with Gasteiger partial charge in [-0.1, -0.05) is 23.7 Å². The summed E-state index contributed by atoms with van der Waals surface area (Å²) in [4.78, 5) is 11.8. The summed E-state index contributed by atoms with van der Waals surface area (Å²) in [5, 5.41) is 3.35. The van der Waals surface area contributed by atoms with Gasteiger partial charge in [0.25, 0.3) is 0 Å². The van der Waals surface area contributed by atoms with Gasteiger partial charge in [0.15, 0.2) is 0 Å². The van der Waals surface area contributed by atoms with Gasteiger partial charge in [-0.2, -0.15) is 0 Å². The van der Waals surface area contributed by atoms with Crippen LogP contribution in [0.2, 0.25) is 5.02 Å². The molecule has 0 bridgehead atoms. The number of benzene rings is 2. The Balaban J connectivity index is 2.01. The highest BCUT2D eigenvalue weighted by Crippen LogP contribution is 2.25. The van der Waals surface area contributed by atoms with Gasteiger partial charge in [-0.25, -0.2) is 0 Å². The van der Waals surface area contributed by atoms with E-state index >= 15 is 0 Å². The molecule has 2 aromatic carbocycles. The number of hydrogen-bond donors (Lipinski definition) is 2. The number of nitrogen functional groups attached to an aromatic ring is 1. The molecule has 3 N–H and O–H groups in total. The zero-order valence-corrected chi connectivity index (χ0v) is 12.8. The fraction of sp³-hybridized carbons (Fsp3) is 0. The zero-order valence-electron chi connectivity index (χ0n) is 10.4. The number of carbonyl (C=O) groups is 1. The van der Waals surface area contributed by atoms with Crippen LogP contribution in [0.25, 0.3) is 6.08 Å². The van der Waals surface area contributed by atoms with Gasteiger partial charge in [-0.15, -0.1) is 0 Å². The molecule has 2 aromatic rings. The van der Waals surface area contributed by atoms with E-state index in [0.717, 1.165) is 10.0 Å². The number of anilines is 2. The first-order chi connectivity index (χ1) is 9.54. The Bertz CT molecular complexity index is 653. The van der Waals surface area contributed by atoms with Gasteiger partial charge < -0.3 is 11.1 Å². The minimum atomic E-state index is -0.212. The van der Waals surface area contributed by atoms with E-state index < -0.39 is 0 Å². The van der Waals surface area contributed by atoms with Crippen molar-refractivity contribution in [1.29, 1.82) is 0 Å². The molecule has 1 amide bonds. The van der Waals surface area contributed by atoms with Crippen LogP contribution in [0.3, 0.4) is 0 Å². The zero-order chi connectivity index (χ0) is 14.5. The molecule has 0 radical (unpaired) electrons. The highest BCUT2D eigenvalue weighted by molar-refractivity contribution is 9.10. The standard InChI is InChI=1S/C15H12BrClN2O/c16-13-9-12(6-7-14(13)17)19-15(20)8-3-10-1-4-11(18)5-2-10/h1-9H,18H2,(H,19,20)/b8-3+. The number of rotatable bonds is 3. The number of carbonyl (C=O) groups excluding carboxylic acids is 1. The van der Waals surface area contributed by atoms with E-state index in [9.17, 15) is 4.79 Å². The van der Waals surface area contributed by atoms with Crippen molar-refractivity contribution in [3.63, 3.8) is 0 Å². The second kappa shape index (κ2) is 6.59. The number of amides is 1. The molecule has 0 atom stereocenters. The average molecular weight is 352 g/mol. The summed E-state index contributed by atoms with van der Waals surface area (Å²) >= 11 is 9.19. The summed E-state index contributed by atoms with van der Waals surface area (Å²) in [7, 11) is 0. The third-order valence-corrected chi connectivity index (χ3v) is 3.76. The number of nitrogens with one attached hydrogen (secondary N) is 1. The fourth-order valence-electron chi connectivity index (χ4n) is 1.54. The first kappa shape index (κ1) is 14.6. The average Bonchev–Trinajstić information content (AvgIpc) is 2.42. The van der Waals surface area contributed by atoms with Crippen LogP contribution in [0.4, 0.5) is 11.4 Å². The summed E-state index contributed by atoms with van der Waals surface area (Å²) in [6, 6.07) is 12.5. The van der Waals surface area contributed by atoms with Crippen molar-refractivity contribution in [3.05, 3.63) is 63.6 Å².